The van der Waals surface area contributed by atoms with Crippen molar-refractivity contribution >= 4 is 9.69 Å². The molecule has 0 radical (unpaired) electrons. The Hall–Kier alpha value is -1.47. The van der Waals surface area contributed by atoms with E-state index in [1.54, 1.807) is 0 Å². The average molecular weight is 536 g/mol. The molecule has 32 heavy (non-hydrogen) atoms. The molecule has 3 rings (SSSR count). The van der Waals surface area contributed by atoms with Gasteiger partial charge in [-0.05, 0) is 41.5 Å². The van der Waals surface area contributed by atoms with Gasteiger partial charge in [0.1, 0.15) is 0 Å². The van der Waals surface area contributed by atoms with Crippen molar-refractivity contribution in [2.75, 3.05) is 6.54 Å². The van der Waals surface area contributed by atoms with Gasteiger partial charge in [0.2, 0.25) is 0 Å². The van der Waals surface area contributed by atoms with Crippen LogP contribution in [0.5, 0.6) is 0 Å². The van der Waals surface area contributed by atoms with Crippen molar-refractivity contribution in [2.45, 2.75) is 51.0 Å². The van der Waals surface area contributed by atoms with Crippen LogP contribution in [0.3, 0.4) is 0 Å². The van der Waals surface area contributed by atoms with Crippen molar-refractivity contribution in [2.24, 2.45) is 0 Å². The van der Waals surface area contributed by atoms with Crippen LogP contribution >= 0.6 is 9.69 Å². The normalized spacial score (nSPS) is 12.7. The van der Waals surface area contributed by atoms with Gasteiger partial charge in [0.05, 0.1) is 0 Å². The van der Waals surface area contributed by atoms with Crippen molar-refractivity contribution in [3.05, 3.63) is 122 Å². The Kier molecular flexibility index (Phi) is 13.1. The maximum atomic E-state index is 4.57. The number of hydrogen-bond donors (Lipinski definition) is 1. The number of rotatable bonds is 8. The third kappa shape index (κ3) is 8.82. The molecular weight excluding hydrogens is 499 g/mol. The molecule has 172 valence electrons. The first-order valence-corrected chi connectivity index (χ1v) is 13.1. The van der Waals surface area contributed by atoms with E-state index >= 15 is 0 Å². The van der Waals surface area contributed by atoms with Crippen LogP contribution in [0, 0.1) is 14.4 Å². The van der Waals surface area contributed by atoms with Gasteiger partial charge in [-0.15, -0.1) is 5.92 Å². The van der Waals surface area contributed by atoms with Gasteiger partial charge in [-0.1, -0.05) is 111 Å². The van der Waals surface area contributed by atoms with Crippen LogP contribution in [0.4, 0.5) is 0 Å². The van der Waals surface area contributed by atoms with Gasteiger partial charge in [0.25, 0.3) is 0 Å². The van der Waals surface area contributed by atoms with Crippen molar-refractivity contribution in [1.82, 2.24) is 5.32 Å². The van der Waals surface area contributed by atoms with Gasteiger partial charge in [-0.25, -0.2) is 0 Å². The summed E-state index contributed by atoms with van der Waals surface area (Å²) >= 11 is 1.82. The molecule has 0 aliphatic carbocycles. The summed E-state index contributed by atoms with van der Waals surface area (Å²) in [4.78, 5) is 0. The summed E-state index contributed by atoms with van der Waals surface area (Å²) < 4.78 is 0. The minimum atomic E-state index is 0. The molecule has 2 atom stereocenters. The summed E-state index contributed by atoms with van der Waals surface area (Å²) in [5, 5.41) is 3.78. The van der Waals surface area contributed by atoms with E-state index in [0.717, 1.165) is 19.4 Å². The summed E-state index contributed by atoms with van der Waals surface area (Å²) in [6, 6.07) is 30.6. The third-order valence-corrected chi connectivity index (χ3v) is 5.62. The molecule has 0 saturated heterocycles. The molecule has 3 aromatic carbocycles. The Bertz CT molecular complexity index is 857. The molecule has 0 unspecified atom stereocenters. The summed E-state index contributed by atoms with van der Waals surface area (Å²) in [6.45, 7) is 12.2. The fraction of sp³-hybridized carbons (Fsp3) is 0.310. The second-order valence-corrected chi connectivity index (χ2v) is 8.91. The van der Waals surface area contributed by atoms with Gasteiger partial charge >= 0.3 is 27.0 Å². The second-order valence-electron chi connectivity index (χ2n) is 8.91. The molecule has 0 amide bonds. The first-order valence-electron chi connectivity index (χ1n) is 10.8. The Labute approximate surface area is 210 Å². The number of nitrogens with one attached hydrogen (secondary N) is 1. The van der Waals surface area contributed by atoms with Crippen LogP contribution in [0.25, 0.3) is 0 Å². The summed E-state index contributed by atoms with van der Waals surface area (Å²) in [6.07, 6.45) is 2.20. The number of halogens is 1. The van der Waals surface area contributed by atoms with Gasteiger partial charge < -0.3 is 19.7 Å². The second kappa shape index (κ2) is 14.6. The monoisotopic (exact) mass is 536 g/mol. The molecule has 0 aromatic heterocycles. The van der Waals surface area contributed by atoms with Crippen LogP contribution in [0.15, 0.2) is 84.9 Å². The molecular formula is C29H37ClNRu+. The van der Waals surface area contributed by atoms with E-state index in [-0.39, 0.29) is 24.8 Å². The van der Waals surface area contributed by atoms with E-state index in [1.165, 1.54) is 22.3 Å². The quantitative estimate of drug-likeness (QED) is 0.175. The molecule has 1 nitrogen and oxygen atoms in total. The molecule has 3 aromatic rings. The Morgan fingerprint density at radius 2 is 1.31 bits per heavy atom. The Balaban J connectivity index is 0.00000166. The molecule has 3 heteroatoms. The number of aryl methyl sites for hydroxylation is 1. The zero-order valence-electron chi connectivity index (χ0n) is 19.8. The van der Waals surface area contributed by atoms with Crippen LogP contribution in [-0.4, -0.2) is 6.54 Å². The van der Waals surface area contributed by atoms with Crippen LogP contribution < -0.4 is 5.32 Å². The standard InChI is InChI=1S/C28H34N.CH3.ClH.Ru/c1-22(24-13-7-5-8-14-24)27(25-15-9-6-10-16-25)29-21-11-12-23-17-19-26(20-18-23)28(2,3)4;;;/h5-10,13-20,22,27,29H,1,11-12,21H2,2-4H3;1H3;1H;/q2*-1;;+4/p-1/t22-,27+;;;/m1.../s1. The van der Waals surface area contributed by atoms with E-state index in [1.807, 2.05) is 17.3 Å². The maximum absolute atomic E-state index is 4.57. The van der Waals surface area contributed by atoms with Crippen molar-refractivity contribution in [1.29, 1.82) is 0 Å². The minimum absolute atomic E-state index is 0. The molecule has 0 aliphatic heterocycles. The fourth-order valence-corrected chi connectivity index (χ4v) is 3.77. The number of benzene rings is 3. The fourth-order valence-electron chi connectivity index (χ4n) is 3.77. The van der Waals surface area contributed by atoms with Crippen LogP contribution in [0.2, 0.25) is 0 Å². The summed E-state index contributed by atoms with van der Waals surface area (Å²) in [5.41, 5.74) is 5.58. The van der Waals surface area contributed by atoms with Gasteiger partial charge in [-0.2, -0.15) is 0 Å². The Morgan fingerprint density at radius 1 is 0.812 bits per heavy atom. The first kappa shape index (κ1) is 28.6. The SMILES string of the molecule is [CH2-][C@H](c1ccccc1)[C@H](NCCCc1ccc(C(C)(C)C)cc1)c1ccccc1.[CH3-].[Cl][Ru+3]. The van der Waals surface area contributed by atoms with Crippen molar-refractivity contribution in [3.8, 4) is 0 Å². The molecule has 0 bridgehead atoms. The van der Waals surface area contributed by atoms with E-state index in [0.29, 0.717) is 0 Å². The van der Waals surface area contributed by atoms with E-state index < -0.39 is 0 Å². The molecule has 0 heterocycles. The van der Waals surface area contributed by atoms with Gasteiger partial charge in [0.15, 0.2) is 0 Å². The van der Waals surface area contributed by atoms with Gasteiger partial charge in [-0.3, -0.25) is 0 Å². The zero-order valence-corrected chi connectivity index (χ0v) is 22.3. The van der Waals surface area contributed by atoms with Crippen LogP contribution in [0.1, 0.15) is 61.4 Å². The van der Waals surface area contributed by atoms with Crippen LogP contribution in [-0.2, 0) is 29.1 Å². The Morgan fingerprint density at radius 3 is 1.81 bits per heavy atom. The summed E-state index contributed by atoms with van der Waals surface area (Å²) in [7, 11) is 4.57. The average Bonchev–Trinajstić information content (AvgIpc) is 2.81. The van der Waals surface area contributed by atoms with E-state index in [2.05, 4.69) is 128 Å². The molecule has 0 spiro atoms. The topological polar surface area (TPSA) is 12.0 Å². The van der Waals surface area contributed by atoms with Crippen molar-refractivity contribution < 1.29 is 17.3 Å². The zero-order chi connectivity index (χ0) is 22.7. The number of hydrogen-bond acceptors (Lipinski definition) is 1. The molecule has 0 fully saturated rings. The summed E-state index contributed by atoms with van der Waals surface area (Å²) in [5.74, 6) is 0.171. The van der Waals surface area contributed by atoms with E-state index in [9.17, 15) is 0 Å². The predicted molar refractivity (Wildman–Crippen MR) is 137 cm³/mol. The molecule has 0 saturated carbocycles. The first-order chi connectivity index (χ1) is 14.9. The predicted octanol–water partition coefficient (Wildman–Crippen LogP) is 8.00. The van der Waals surface area contributed by atoms with E-state index in [4.69, 9.17) is 0 Å². The van der Waals surface area contributed by atoms with Crippen molar-refractivity contribution in [3.63, 3.8) is 0 Å². The van der Waals surface area contributed by atoms with Gasteiger partial charge in [0, 0.05) is 6.04 Å². The molecule has 1 N–H and O–H groups in total. The molecule has 0 aliphatic rings. The third-order valence-electron chi connectivity index (χ3n) is 5.62.